The summed E-state index contributed by atoms with van der Waals surface area (Å²) in [6.45, 7) is 4.52. The summed E-state index contributed by atoms with van der Waals surface area (Å²) in [5, 5.41) is -0.511. The summed E-state index contributed by atoms with van der Waals surface area (Å²) >= 11 is 0. The summed E-state index contributed by atoms with van der Waals surface area (Å²) in [5.41, 5.74) is 4.85. The minimum absolute atomic E-state index is 0. The first-order valence-corrected chi connectivity index (χ1v) is 12.1. The van der Waals surface area contributed by atoms with E-state index in [1.807, 2.05) is 13.8 Å². The Balaban J connectivity index is 0. The Morgan fingerprint density at radius 3 is 1.63 bits per heavy atom. The molecule has 0 unspecified atom stereocenters. The molecule has 0 bridgehead atoms. The fraction of sp³-hybridized carbons (Fsp3) is 0.882. The predicted octanol–water partition coefficient (Wildman–Crippen LogP) is 2.09. The molecular formula is C17H32NO6S2Y-. The largest absolute Gasteiger partial charge is 0.424 e. The third-order valence-corrected chi connectivity index (χ3v) is 7.73. The van der Waals surface area contributed by atoms with Crippen LogP contribution in [0.1, 0.15) is 71.6 Å². The maximum atomic E-state index is 11.6. The normalized spacial score (nSPS) is 18.7. The molecule has 2 N–H and O–H groups in total. The molecule has 0 aromatic carbocycles. The van der Waals surface area contributed by atoms with Gasteiger partial charge >= 0.3 is 0 Å². The monoisotopic (exact) mass is 499 g/mol. The van der Waals surface area contributed by atoms with Gasteiger partial charge in [0.25, 0.3) is 0 Å². The van der Waals surface area contributed by atoms with Gasteiger partial charge < -0.3 is 14.2 Å². The van der Waals surface area contributed by atoms with Gasteiger partial charge in [0, 0.05) is 58.4 Å². The average molecular weight is 499 g/mol. The third kappa shape index (κ3) is 13.2. The third-order valence-electron chi connectivity index (χ3n) is 4.25. The van der Waals surface area contributed by atoms with Gasteiger partial charge in [-0.1, -0.05) is 42.6 Å². The Morgan fingerprint density at radius 1 is 0.926 bits per heavy atom. The number of rotatable bonds is 4. The van der Waals surface area contributed by atoms with E-state index in [2.05, 4.69) is 0 Å². The summed E-state index contributed by atoms with van der Waals surface area (Å²) in [6, 6.07) is 0. The molecule has 2 aliphatic carbocycles. The van der Waals surface area contributed by atoms with Gasteiger partial charge in [-0.2, -0.15) is 0 Å². The molecule has 0 amide bonds. The molecule has 2 fully saturated rings. The van der Waals surface area contributed by atoms with Crippen LogP contribution in [0.5, 0.6) is 0 Å². The van der Waals surface area contributed by atoms with Crippen molar-refractivity contribution in [3.8, 4) is 0 Å². The first-order valence-electron chi connectivity index (χ1n) is 9.20. The summed E-state index contributed by atoms with van der Waals surface area (Å²) in [5.74, 6) is 0.677. The van der Waals surface area contributed by atoms with E-state index in [0.29, 0.717) is 57.8 Å². The van der Waals surface area contributed by atoms with Crippen LogP contribution in [0, 0.1) is 0 Å². The zero-order chi connectivity index (χ0) is 20.2. The van der Waals surface area contributed by atoms with Crippen molar-refractivity contribution in [2.24, 2.45) is 5.73 Å². The predicted molar refractivity (Wildman–Crippen MR) is 102 cm³/mol. The van der Waals surface area contributed by atoms with Crippen LogP contribution < -0.4 is 5.73 Å². The zero-order valence-corrected chi connectivity index (χ0v) is 20.8. The number of hydrogen-bond acceptors (Lipinski definition) is 8. The number of sulfone groups is 1. The number of nitrogens with two attached hydrogens (primary N) is 1. The summed E-state index contributed by atoms with van der Waals surface area (Å²) in [7, 11) is -4.88. The van der Waals surface area contributed by atoms with E-state index >= 15 is 0 Å². The molecule has 0 spiro atoms. The number of carbonyl (C=O) groups excluding carboxylic acids is 2. The summed E-state index contributed by atoms with van der Waals surface area (Å²) in [6.07, 6.45) is 4.59. The standard InChI is InChI=1S/C9H16O3S.C6H9O3S.C2H7N.Y/c1-2-7-13(11,12)9-5-3-8(10)4-6-9;7-5-1-3-6(4-2-5)10(8)9;1-2-3;/h9H,2-7H2,1H3;6H,1-4H2;2-3H2,1H3;/q;-1;;. The van der Waals surface area contributed by atoms with E-state index in [-0.39, 0.29) is 60.5 Å². The van der Waals surface area contributed by atoms with Crippen LogP contribution in [-0.2, 0) is 71.3 Å². The molecule has 0 aromatic heterocycles. The molecular weight excluding hydrogens is 467 g/mol. The van der Waals surface area contributed by atoms with E-state index in [1.165, 1.54) is 0 Å². The fourth-order valence-corrected chi connectivity index (χ4v) is 5.31. The molecule has 0 heterocycles. The molecule has 7 nitrogen and oxygen atoms in total. The van der Waals surface area contributed by atoms with Crippen LogP contribution in [0.3, 0.4) is 0 Å². The Labute approximate surface area is 190 Å². The second kappa shape index (κ2) is 16.1. The van der Waals surface area contributed by atoms with Gasteiger partial charge in [0.05, 0.1) is 11.0 Å². The van der Waals surface area contributed by atoms with Crippen molar-refractivity contribution >= 4 is 32.1 Å². The molecule has 2 aliphatic rings. The number of ketones is 2. The molecule has 1 radical (unpaired) electrons. The van der Waals surface area contributed by atoms with Crippen molar-refractivity contribution in [3.63, 3.8) is 0 Å². The van der Waals surface area contributed by atoms with Crippen LogP contribution in [0.2, 0.25) is 0 Å². The summed E-state index contributed by atoms with van der Waals surface area (Å²) < 4.78 is 43.9. The SMILES string of the molecule is CCCS(=O)(=O)C1CCC(=O)CC1.CCN.O=C1CCC([S-](=O)=O)CC1.[Y]. The Bertz CT molecular complexity index is 591. The van der Waals surface area contributed by atoms with Crippen molar-refractivity contribution in [3.05, 3.63) is 0 Å². The molecule has 157 valence electrons. The van der Waals surface area contributed by atoms with E-state index < -0.39 is 20.5 Å². The van der Waals surface area contributed by atoms with Gasteiger partial charge in [-0.15, -0.1) is 0 Å². The molecule has 2 rings (SSSR count). The fourth-order valence-electron chi connectivity index (χ4n) is 2.83. The van der Waals surface area contributed by atoms with Crippen LogP contribution in [0.25, 0.3) is 0 Å². The molecule has 2 saturated carbocycles. The van der Waals surface area contributed by atoms with Gasteiger partial charge in [-0.25, -0.2) is 8.42 Å². The van der Waals surface area contributed by atoms with E-state index in [0.717, 1.165) is 6.54 Å². The van der Waals surface area contributed by atoms with Crippen molar-refractivity contribution in [1.82, 2.24) is 0 Å². The van der Waals surface area contributed by atoms with Gasteiger partial charge in [0.2, 0.25) is 0 Å². The maximum Gasteiger partial charge on any atom is 0.153 e. The number of carbonyl (C=O) groups is 2. The molecule has 0 aliphatic heterocycles. The molecule has 27 heavy (non-hydrogen) atoms. The van der Waals surface area contributed by atoms with Gasteiger partial charge in [-0.3, -0.25) is 9.59 Å². The number of hydrogen-bond donors (Lipinski definition) is 1. The second-order valence-electron chi connectivity index (χ2n) is 6.51. The maximum absolute atomic E-state index is 11.6. The van der Waals surface area contributed by atoms with Crippen molar-refractivity contribution < 1.29 is 59.1 Å². The van der Waals surface area contributed by atoms with Crippen molar-refractivity contribution in [1.29, 1.82) is 0 Å². The van der Waals surface area contributed by atoms with Crippen LogP contribution in [0.4, 0.5) is 0 Å². The molecule has 10 heteroatoms. The van der Waals surface area contributed by atoms with Gasteiger partial charge in [0.15, 0.2) is 9.84 Å². The molecule has 0 atom stereocenters. The quantitative estimate of drug-likeness (QED) is 0.587. The zero-order valence-electron chi connectivity index (χ0n) is 16.4. The van der Waals surface area contributed by atoms with E-state index in [9.17, 15) is 26.4 Å². The van der Waals surface area contributed by atoms with Crippen molar-refractivity contribution in [2.75, 3.05) is 12.3 Å². The van der Waals surface area contributed by atoms with Crippen molar-refractivity contribution in [2.45, 2.75) is 82.1 Å². The van der Waals surface area contributed by atoms with Gasteiger partial charge in [-0.05, 0) is 25.8 Å². The van der Waals surface area contributed by atoms with Crippen LogP contribution in [-0.4, -0.2) is 42.8 Å². The molecule has 0 aromatic rings. The smallest absolute Gasteiger partial charge is 0.153 e. The molecule has 0 saturated heterocycles. The minimum atomic E-state index is -2.91. The van der Waals surface area contributed by atoms with E-state index in [4.69, 9.17) is 5.73 Å². The second-order valence-corrected chi connectivity index (χ2v) is 10.1. The van der Waals surface area contributed by atoms with Crippen LogP contribution >= 0.6 is 0 Å². The minimum Gasteiger partial charge on any atom is -0.424 e. The van der Waals surface area contributed by atoms with Gasteiger partial charge in [0.1, 0.15) is 11.6 Å². The first kappa shape index (κ1) is 29.5. The average Bonchev–Trinajstić information content (AvgIpc) is 2.57. The number of Topliss-reactive ketones (excluding diaryl/α,β-unsaturated/α-hetero) is 2. The Morgan fingerprint density at radius 2 is 1.30 bits per heavy atom. The first-order chi connectivity index (χ1) is 12.2. The Hall–Kier alpha value is 0.304. The van der Waals surface area contributed by atoms with E-state index in [1.54, 1.807) is 0 Å². The Kier molecular flexibility index (Phi) is 17.6. The summed E-state index contributed by atoms with van der Waals surface area (Å²) in [4.78, 5) is 21.5. The van der Waals surface area contributed by atoms with Crippen LogP contribution in [0.15, 0.2) is 0 Å². The topological polar surface area (TPSA) is 128 Å².